The molecule has 0 saturated carbocycles. The first-order valence-corrected chi connectivity index (χ1v) is 12.2. The highest BCUT2D eigenvalue weighted by atomic mass is 19.1. The number of H-pyrrole nitrogens is 1. The van der Waals surface area contributed by atoms with Gasteiger partial charge in [0, 0.05) is 50.3 Å². The molecule has 1 aliphatic heterocycles. The molecule has 1 fully saturated rings. The molecule has 1 saturated heterocycles. The minimum absolute atomic E-state index is 0.287. The topological polar surface area (TPSA) is 104 Å². The number of nitrogens with zero attached hydrogens (tertiary/aromatic N) is 5. The quantitative estimate of drug-likeness (QED) is 0.264. The molecule has 2 aromatic heterocycles. The summed E-state index contributed by atoms with van der Waals surface area (Å²) in [7, 11) is 0. The van der Waals surface area contributed by atoms with Gasteiger partial charge < -0.3 is 19.9 Å². The molecule has 1 atom stereocenters. The lowest BCUT2D eigenvalue weighted by Gasteiger charge is -2.36. The van der Waals surface area contributed by atoms with Crippen LogP contribution >= 0.6 is 0 Å². The number of aromatic amines is 1. The van der Waals surface area contributed by atoms with E-state index in [1.807, 2.05) is 17.2 Å². The third-order valence-electron chi connectivity index (χ3n) is 6.76. The maximum absolute atomic E-state index is 13.3. The van der Waals surface area contributed by atoms with Crippen LogP contribution in [0.15, 0.2) is 78.2 Å². The Bertz CT molecular complexity index is 1420. The van der Waals surface area contributed by atoms with Crippen molar-refractivity contribution in [1.29, 1.82) is 5.41 Å². The molecular weight excluding hydrogens is 488 g/mol. The van der Waals surface area contributed by atoms with E-state index < -0.39 is 5.60 Å². The summed E-state index contributed by atoms with van der Waals surface area (Å²) in [6, 6.07) is 13.9. The van der Waals surface area contributed by atoms with Crippen LogP contribution in [0, 0.1) is 17.0 Å². The van der Waals surface area contributed by atoms with E-state index >= 15 is 0 Å². The number of hydrogen-bond acceptors (Lipinski definition) is 5. The number of rotatable bonds is 6. The Labute approximate surface area is 218 Å². The molecule has 4 aromatic rings. The molecule has 2 aromatic carbocycles. The Kier molecular flexibility index (Phi) is 6.97. The summed E-state index contributed by atoms with van der Waals surface area (Å²) in [6.07, 6.45) is 6.05. The molecule has 0 spiro atoms. The number of halogens is 2. The van der Waals surface area contributed by atoms with Crippen LogP contribution in [0.4, 0.5) is 14.7 Å². The highest BCUT2D eigenvalue weighted by molar-refractivity contribution is 6.01. The molecule has 0 bridgehead atoms. The van der Waals surface area contributed by atoms with Gasteiger partial charge in [0.05, 0.1) is 5.69 Å². The van der Waals surface area contributed by atoms with E-state index in [0.29, 0.717) is 49.1 Å². The molecule has 194 valence electrons. The Morgan fingerprint density at radius 3 is 2.16 bits per heavy atom. The molecule has 1 aliphatic rings. The number of nitrogens with one attached hydrogen (secondary N) is 2. The second-order valence-corrected chi connectivity index (χ2v) is 9.22. The zero-order valence-corrected chi connectivity index (χ0v) is 20.8. The summed E-state index contributed by atoms with van der Waals surface area (Å²) in [4.78, 5) is 20.6. The van der Waals surface area contributed by atoms with E-state index in [1.165, 1.54) is 24.3 Å². The summed E-state index contributed by atoms with van der Waals surface area (Å²) in [5.74, 6) is 0.547. The number of benzene rings is 2. The largest absolute Gasteiger partial charge is 0.381 e. The number of piperazine rings is 1. The van der Waals surface area contributed by atoms with Crippen LogP contribution in [0.25, 0.3) is 11.1 Å². The average Bonchev–Trinajstić information content (AvgIpc) is 3.42. The lowest BCUT2D eigenvalue weighted by Crippen LogP contribution is -2.49. The van der Waals surface area contributed by atoms with Crippen molar-refractivity contribution in [3.05, 3.63) is 102 Å². The lowest BCUT2D eigenvalue weighted by atomic mass is 9.90. The predicted molar refractivity (Wildman–Crippen MR) is 142 cm³/mol. The Morgan fingerprint density at radius 2 is 1.55 bits per heavy atom. The molecule has 38 heavy (non-hydrogen) atoms. The SMILES string of the molecule is C[C@](O)(c1ccc(F)cc1)c1cnc(N2CCN(C(=NC=N)c3cc(-c4ccc(F)cc4)c[nH]3)CC2)nc1. The molecule has 0 radical (unpaired) electrons. The first-order chi connectivity index (χ1) is 18.3. The van der Waals surface area contributed by atoms with E-state index in [2.05, 4.69) is 24.8 Å². The number of aromatic nitrogens is 3. The van der Waals surface area contributed by atoms with E-state index in [-0.39, 0.29) is 11.6 Å². The molecule has 0 amide bonds. The normalized spacial score (nSPS) is 15.8. The van der Waals surface area contributed by atoms with Crippen LogP contribution in [0.1, 0.15) is 23.7 Å². The van der Waals surface area contributed by atoms with Gasteiger partial charge in [0.25, 0.3) is 0 Å². The van der Waals surface area contributed by atoms with Gasteiger partial charge in [0.2, 0.25) is 5.95 Å². The minimum atomic E-state index is -1.36. The van der Waals surface area contributed by atoms with Crippen molar-refractivity contribution < 1.29 is 13.9 Å². The molecular formula is C28H27F2N7O. The second kappa shape index (κ2) is 10.5. The predicted octanol–water partition coefficient (Wildman–Crippen LogP) is 4.18. The van der Waals surface area contributed by atoms with Gasteiger partial charge in [-0.25, -0.2) is 23.7 Å². The summed E-state index contributed by atoms with van der Waals surface area (Å²) in [6.45, 7) is 4.17. The highest BCUT2D eigenvalue weighted by Gasteiger charge is 2.28. The summed E-state index contributed by atoms with van der Waals surface area (Å²) in [5, 5.41) is 18.6. The Balaban J connectivity index is 1.26. The summed E-state index contributed by atoms with van der Waals surface area (Å²) >= 11 is 0. The smallest absolute Gasteiger partial charge is 0.225 e. The molecule has 8 nitrogen and oxygen atoms in total. The van der Waals surface area contributed by atoms with E-state index in [9.17, 15) is 13.9 Å². The van der Waals surface area contributed by atoms with Gasteiger partial charge in [-0.3, -0.25) is 5.41 Å². The van der Waals surface area contributed by atoms with Crippen molar-refractivity contribution in [3.8, 4) is 11.1 Å². The van der Waals surface area contributed by atoms with E-state index in [1.54, 1.807) is 43.6 Å². The molecule has 10 heteroatoms. The molecule has 3 heterocycles. The van der Waals surface area contributed by atoms with Gasteiger partial charge >= 0.3 is 0 Å². The van der Waals surface area contributed by atoms with Gasteiger partial charge in [-0.05, 0) is 53.9 Å². The average molecular weight is 516 g/mol. The van der Waals surface area contributed by atoms with Crippen molar-refractivity contribution >= 4 is 18.1 Å². The van der Waals surface area contributed by atoms with Crippen LogP contribution in [0.2, 0.25) is 0 Å². The van der Waals surface area contributed by atoms with Crippen LogP contribution in [-0.2, 0) is 5.60 Å². The van der Waals surface area contributed by atoms with Gasteiger partial charge in [-0.15, -0.1) is 0 Å². The van der Waals surface area contributed by atoms with Crippen molar-refractivity contribution in [1.82, 2.24) is 19.9 Å². The lowest BCUT2D eigenvalue weighted by molar-refractivity contribution is 0.101. The fourth-order valence-corrected chi connectivity index (χ4v) is 4.51. The van der Waals surface area contributed by atoms with Crippen molar-refractivity contribution in [2.24, 2.45) is 4.99 Å². The zero-order chi connectivity index (χ0) is 26.7. The van der Waals surface area contributed by atoms with Gasteiger partial charge in [0.1, 0.15) is 23.6 Å². The second-order valence-electron chi connectivity index (χ2n) is 9.22. The van der Waals surface area contributed by atoms with Crippen LogP contribution in [0.3, 0.4) is 0 Å². The number of aliphatic imine (C=N–C) groups is 1. The molecule has 5 rings (SSSR count). The fraction of sp³-hybridized carbons (Fsp3) is 0.214. The third-order valence-corrected chi connectivity index (χ3v) is 6.76. The first-order valence-electron chi connectivity index (χ1n) is 12.2. The summed E-state index contributed by atoms with van der Waals surface area (Å²) < 4.78 is 26.6. The zero-order valence-electron chi connectivity index (χ0n) is 20.8. The number of amidine groups is 1. The number of aliphatic hydroxyl groups is 1. The van der Waals surface area contributed by atoms with Gasteiger partial charge in [0.15, 0.2) is 5.84 Å². The van der Waals surface area contributed by atoms with Gasteiger partial charge in [-0.2, -0.15) is 0 Å². The standard InChI is InChI=1S/C28H27F2N7O/c1-28(38,21-4-8-24(30)9-5-21)22-16-33-27(34-17-22)37-12-10-36(11-13-37)26(35-18-31)25-14-20(15-32-25)19-2-6-23(29)7-3-19/h2-9,14-18,31-32,38H,10-13H2,1H3/t28-/m0/s1. The van der Waals surface area contributed by atoms with Crippen LogP contribution in [-0.4, -0.2) is 63.3 Å². The maximum Gasteiger partial charge on any atom is 0.225 e. The maximum atomic E-state index is 13.3. The number of hydrogen-bond donors (Lipinski definition) is 3. The summed E-state index contributed by atoms with van der Waals surface area (Å²) in [5.41, 5.74) is 2.26. The Hall–Kier alpha value is -4.44. The van der Waals surface area contributed by atoms with Crippen LogP contribution in [0.5, 0.6) is 0 Å². The minimum Gasteiger partial charge on any atom is -0.381 e. The van der Waals surface area contributed by atoms with Gasteiger partial charge in [-0.1, -0.05) is 24.3 Å². The van der Waals surface area contributed by atoms with Crippen molar-refractivity contribution in [2.45, 2.75) is 12.5 Å². The molecule has 3 N–H and O–H groups in total. The van der Waals surface area contributed by atoms with Crippen LogP contribution < -0.4 is 4.90 Å². The monoisotopic (exact) mass is 515 g/mol. The fourth-order valence-electron chi connectivity index (χ4n) is 4.51. The highest BCUT2D eigenvalue weighted by Crippen LogP contribution is 2.29. The Morgan fingerprint density at radius 1 is 0.947 bits per heavy atom. The van der Waals surface area contributed by atoms with Crippen molar-refractivity contribution in [3.63, 3.8) is 0 Å². The van der Waals surface area contributed by atoms with E-state index in [0.717, 1.165) is 23.2 Å². The number of anilines is 1. The third kappa shape index (κ3) is 5.16. The molecule has 0 unspecified atom stereocenters. The van der Waals surface area contributed by atoms with Crippen molar-refractivity contribution in [2.75, 3.05) is 31.1 Å². The van der Waals surface area contributed by atoms with E-state index in [4.69, 9.17) is 5.41 Å². The molecule has 0 aliphatic carbocycles. The first kappa shape index (κ1) is 25.2.